The van der Waals surface area contributed by atoms with E-state index >= 15 is 0 Å². The largest absolute Gasteiger partial charge is 0.444 e. The number of amides is 2. The minimum Gasteiger partial charge on any atom is -0.444 e. The Hall–Kier alpha value is -2.04. The zero-order valence-electron chi connectivity index (χ0n) is 16.7. The molecule has 2 rings (SSSR count). The molecular formula is C21H32N2O3. The van der Waals surface area contributed by atoms with Gasteiger partial charge >= 0.3 is 6.09 Å². The van der Waals surface area contributed by atoms with Gasteiger partial charge in [0.05, 0.1) is 6.04 Å². The molecule has 1 fully saturated rings. The third-order valence-corrected chi connectivity index (χ3v) is 4.48. The maximum absolute atomic E-state index is 12.8. The van der Waals surface area contributed by atoms with Gasteiger partial charge in [-0.25, -0.2) is 4.79 Å². The van der Waals surface area contributed by atoms with Crippen LogP contribution in [-0.2, 0) is 9.53 Å². The van der Waals surface area contributed by atoms with Crippen molar-refractivity contribution in [1.82, 2.24) is 4.90 Å². The van der Waals surface area contributed by atoms with E-state index < -0.39 is 5.60 Å². The lowest BCUT2D eigenvalue weighted by atomic mass is 10.0. The van der Waals surface area contributed by atoms with Crippen LogP contribution in [0.5, 0.6) is 0 Å². The molecule has 0 aliphatic carbocycles. The third kappa shape index (κ3) is 5.48. The highest BCUT2D eigenvalue weighted by molar-refractivity contribution is 5.94. The smallest absolute Gasteiger partial charge is 0.410 e. The van der Waals surface area contributed by atoms with E-state index in [0.717, 1.165) is 24.9 Å². The zero-order chi connectivity index (χ0) is 19.3. The first-order valence-corrected chi connectivity index (χ1v) is 9.55. The highest BCUT2D eigenvalue weighted by Crippen LogP contribution is 2.24. The molecule has 5 heteroatoms. The van der Waals surface area contributed by atoms with Gasteiger partial charge in [0, 0.05) is 24.7 Å². The molecule has 1 atom stereocenters. The van der Waals surface area contributed by atoms with Crippen molar-refractivity contribution in [2.75, 3.05) is 18.0 Å². The monoisotopic (exact) mass is 360 g/mol. The Morgan fingerprint density at radius 1 is 1.19 bits per heavy atom. The van der Waals surface area contributed by atoms with E-state index in [0.29, 0.717) is 13.1 Å². The van der Waals surface area contributed by atoms with Crippen molar-refractivity contribution >= 4 is 17.7 Å². The lowest BCUT2D eigenvalue weighted by Crippen LogP contribution is -2.52. The summed E-state index contributed by atoms with van der Waals surface area (Å²) in [5.74, 6) is -0.0281. The van der Waals surface area contributed by atoms with Crippen LogP contribution in [0, 0.1) is 5.92 Å². The molecule has 1 aliphatic heterocycles. The SMILES string of the molecule is CC(C)C(=O)N(CC1CCCCN1C(=O)OC(C)(C)C)c1ccccc1. The van der Waals surface area contributed by atoms with Crippen LogP contribution in [0.25, 0.3) is 0 Å². The van der Waals surface area contributed by atoms with Crippen LogP contribution in [0.4, 0.5) is 10.5 Å². The first-order chi connectivity index (χ1) is 12.2. The van der Waals surface area contributed by atoms with Crippen LogP contribution in [0.3, 0.4) is 0 Å². The van der Waals surface area contributed by atoms with Crippen molar-refractivity contribution in [3.05, 3.63) is 30.3 Å². The van der Waals surface area contributed by atoms with Crippen molar-refractivity contribution in [3.8, 4) is 0 Å². The van der Waals surface area contributed by atoms with Gasteiger partial charge in [-0.15, -0.1) is 0 Å². The Labute approximate surface area is 157 Å². The molecule has 0 aromatic heterocycles. The third-order valence-electron chi connectivity index (χ3n) is 4.48. The van der Waals surface area contributed by atoms with Gasteiger partial charge in [0.25, 0.3) is 0 Å². The molecule has 5 nitrogen and oxygen atoms in total. The number of anilines is 1. The molecule has 0 radical (unpaired) electrons. The van der Waals surface area contributed by atoms with E-state index in [-0.39, 0.29) is 24.0 Å². The standard InChI is InChI=1S/C21H32N2O3/c1-16(2)19(24)23(17-11-7-6-8-12-17)15-18-13-9-10-14-22(18)20(25)26-21(3,4)5/h6-8,11-12,16,18H,9-10,13-15H2,1-5H3. The Morgan fingerprint density at radius 3 is 2.42 bits per heavy atom. The summed E-state index contributed by atoms with van der Waals surface area (Å²) < 4.78 is 5.59. The van der Waals surface area contributed by atoms with Crippen molar-refractivity contribution in [2.45, 2.75) is 65.5 Å². The number of para-hydroxylation sites is 1. The molecule has 1 aliphatic rings. The summed E-state index contributed by atoms with van der Waals surface area (Å²) >= 11 is 0. The molecule has 2 amide bonds. The van der Waals surface area contributed by atoms with Crippen molar-refractivity contribution in [1.29, 1.82) is 0 Å². The lowest BCUT2D eigenvalue weighted by Gasteiger charge is -2.39. The van der Waals surface area contributed by atoms with Gasteiger partial charge < -0.3 is 14.5 Å². The molecule has 1 unspecified atom stereocenters. The van der Waals surface area contributed by atoms with Gasteiger partial charge in [0.15, 0.2) is 0 Å². The van der Waals surface area contributed by atoms with Crippen LogP contribution < -0.4 is 4.90 Å². The summed E-state index contributed by atoms with van der Waals surface area (Å²) in [4.78, 5) is 29.1. The van der Waals surface area contributed by atoms with E-state index in [4.69, 9.17) is 4.74 Å². The number of benzene rings is 1. The van der Waals surface area contributed by atoms with Gasteiger partial charge in [0.1, 0.15) is 5.60 Å². The van der Waals surface area contributed by atoms with Gasteiger partial charge in [0.2, 0.25) is 5.91 Å². The number of likely N-dealkylation sites (tertiary alicyclic amines) is 1. The molecule has 0 spiro atoms. The zero-order valence-corrected chi connectivity index (χ0v) is 16.7. The number of piperidine rings is 1. The van der Waals surface area contributed by atoms with E-state index in [9.17, 15) is 9.59 Å². The Balaban J connectivity index is 2.21. The van der Waals surface area contributed by atoms with Gasteiger partial charge in [-0.2, -0.15) is 0 Å². The minimum atomic E-state index is -0.522. The van der Waals surface area contributed by atoms with Gasteiger partial charge in [-0.05, 0) is 52.2 Å². The summed E-state index contributed by atoms with van der Waals surface area (Å²) in [6.07, 6.45) is 2.63. The Morgan fingerprint density at radius 2 is 1.85 bits per heavy atom. The second-order valence-electron chi connectivity index (χ2n) is 8.26. The lowest BCUT2D eigenvalue weighted by molar-refractivity contribution is -0.121. The molecule has 0 bridgehead atoms. The van der Waals surface area contributed by atoms with Crippen LogP contribution in [0.2, 0.25) is 0 Å². The minimum absolute atomic E-state index is 0.0264. The number of nitrogens with zero attached hydrogens (tertiary/aromatic N) is 2. The highest BCUT2D eigenvalue weighted by Gasteiger charge is 2.33. The van der Waals surface area contributed by atoms with Crippen LogP contribution in [-0.4, -0.2) is 41.6 Å². The second-order valence-corrected chi connectivity index (χ2v) is 8.26. The maximum atomic E-state index is 12.8. The number of ether oxygens (including phenoxy) is 1. The van der Waals surface area contributed by atoms with Crippen LogP contribution in [0.1, 0.15) is 53.9 Å². The first kappa shape index (κ1) is 20.3. The Bertz CT molecular complexity index is 607. The van der Waals surface area contributed by atoms with Gasteiger partial charge in [-0.1, -0.05) is 32.0 Å². The molecule has 144 valence electrons. The molecule has 26 heavy (non-hydrogen) atoms. The highest BCUT2D eigenvalue weighted by atomic mass is 16.6. The van der Waals surface area contributed by atoms with Crippen molar-refractivity contribution < 1.29 is 14.3 Å². The van der Waals surface area contributed by atoms with E-state index in [1.165, 1.54) is 0 Å². The second kappa shape index (κ2) is 8.56. The quantitative estimate of drug-likeness (QED) is 0.796. The maximum Gasteiger partial charge on any atom is 0.410 e. The summed E-state index contributed by atoms with van der Waals surface area (Å²) in [5, 5.41) is 0. The number of hydrogen-bond acceptors (Lipinski definition) is 3. The Kier molecular flexibility index (Phi) is 6.68. The molecule has 0 N–H and O–H groups in total. The van der Waals surface area contributed by atoms with Crippen molar-refractivity contribution in [3.63, 3.8) is 0 Å². The van der Waals surface area contributed by atoms with E-state index in [1.54, 1.807) is 4.90 Å². The number of rotatable bonds is 4. The molecule has 1 heterocycles. The molecular weight excluding hydrogens is 328 g/mol. The molecule has 1 aromatic carbocycles. The normalized spacial score (nSPS) is 17.9. The first-order valence-electron chi connectivity index (χ1n) is 9.55. The van der Waals surface area contributed by atoms with E-state index in [1.807, 2.05) is 69.9 Å². The molecule has 1 saturated heterocycles. The summed E-state index contributed by atoms with van der Waals surface area (Å²) in [6.45, 7) is 10.6. The fourth-order valence-electron chi connectivity index (χ4n) is 3.20. The molecule has 0 saturated carbocycles. The van der Waals surface area contributed by atoms with Gasteiger partial charge in [-0.3, -0.25) is 4.79 Å². The predicted octanol–water partition coefficient (Wildman–Crippen LogP) is 4.47. The predicted molar refractivity (Wildman–Crippen MR) is 104 cm³/mol. The van der Waals surface area contributed by atoms with Crippen LogP contribution in [0.15, 0.2) is 30.3 Å². The summed E-state index contributed by atoms with van der Waals surface area (Å²) in [5.41, 5.74) is 0.354. The topological polar surface area (TPSA) is 49.9 Å². The summed E-state index contributed by atoms with van der Waals surface area (Å²) in [7, 11) is 0. The fraction of sp³-hybridized carbons (Fsp3) is 0.619. The molecule has 1 aromatic rings. The van der Waals surface area contributed by atoms with Crippen molar-refractivity contribution in [2.24, 2.45) is 5.92 Å². The summed E-state index contributed by atoms with van der Waals surface area (Å²) in [6, 6.07) is 9.67. The number of hydrogen-bond donors (Lipinski definition) is 0. The fourth-order valence-corrected chi connectivity index (χ4v) is 3.20. The number of carbonyl (C=O) groups excluding carboxylic acids is 2. The average Bonchev–Trinajstić information content (AvgIpc) is 2.58. The van der Waals surface area contributed by atoms with E-state index in [2.05, 4.69) is 0 Å². The van der Waals surface area contributed by atoms with Crippen LogP contribution >= 0.6 is 0 Å². The number of carbonyl (C=O) groups is 2. The average molecular weight is 360 g/mol.